The first-order valence-corrected chi connectivity index (χ1v) is 17.6. The maximum absolute atomic E-state index is 13.2. The summed E-state index contributed by atoms with van der Waals surface area (Å²) in [5.41, 5.74) is 1.54. The van der Waals surface area contributed by atoms with Crippen LogP contribution in [-0.4, -0.2) is 51.4 Å². The molecule has 0 saturated heterocycles. The Morgan fingerprint density at radius 3 is 2.10 bits per heavy atom. The molecule has 3 amide bonds. The summed E-state index contributed by atoms with van der Waals surface area (Å²) < 4.78 is 7.02. The maximum atomic E-state index is 13.2. The van der Waals surface area contributed by atoms with Gasteiger partial charge in [0, 0.05) is 37.7 Å². The Labute approximate surface area is 293 Å². The van der Waals surface area contributed by atoms with E-state index in [2.05, 4.69) is 60.7 Å². The van der Waals surface area contributed by atoms with Crippen molar-refractivity contribution in [1.82, 2.24) is 10.3 Å². The molecule has 1 radical (unpaired) electrons. The topological polar surface area (TPSA) is 101 Å². The van der Waals surface area contributed by atoms with Gasteiger partial charge in [-0.2, -0.15) is 0 Å². The first-order chi connectivity index (χ1) is 22.8. The van der Waals surface area contributed by atoms with Gasteiger partial charge in [0.05, 0.1) is 23.4 Å². The number of anilines is 2. The number of amides is 3. The van der Waals surface area contributed by atoms with Crippen LogP contribution in [0.2, 0.25) is 10.0 Å². The molecule has 4 aromatic rings. The van der Waals surface area contributed by atoms with E-state index in [-0.39, 0.29) is 29.9 Å². The van der Waals surface area contributed by atoms with Gasteiger partial charge in [0.1, 0.15) is 5.82 Å². The summed E-state index contributed by atoms with van der Waals surface area (Å²) >= 11 is 13.7. The van der Waals surface area contributed by atoms with Crippen LogP contribution < -0.4 is 25.9 Å². The van der Waals surface area contributed by atoms with Crippen molar-refractivity contribution >= 4 is 77.9 Å². The van der Waals surface area contributed by atoms with Crippen molar-refractivity contribution in [1.29, 1.82) is 0 Å². The van der Waals surface area contributed by atoms with E-state index in [9.17, 15) is 14.4 Å². The van der Waals surface area contributed by atoms with E-state index in [1.165, 1.54) is 24.1 Å². The predicted molar refractivity (Wildman–Crippen MR) is 196 cm³/mol. The van der Waals surface area contributed by atoms with E-state index >= 15 is 0 Å². The zero-order valence-corrected chi connectivity index (χ0v) is 30.1. The number of likely N-dealkylation sites (N-methyl/N-ethyl adjacent to an activating group) is 1. The van der Waals surface area contributed by atoms with Gasteiger partial charge in [-0.15, -0.1) is 0 Å². The molecule has 4 rings (SSSR count). The highest BCUT2D eigenvalue weighted by atomic mass is 35.5. The Kier molecular flexibility index (Phi) is 12.7. The summed E-state index contributed by atoms with van der Waals surface area (Å²) in [6.07, 6.45) is 4.55. The Bertz CT molecular complexity index is 1710. The van der Waals surface area contributed by atoms with Crippen LogP contribution in [0.4, 0.5) is 11.5 Å². The van der Waals surface area contributed by atoms with Gasteiger partial charge < -0.3 is 20.0 Å². The monoisotopic (exact) mass is 701 g/mol. The van der Waals surface area contributed by atoms with Crippen molar-refractivity contribution in [2.45, 2.75) is 40.2 Å². The number of rotatable bonds is 12. The van der Waals surface area contributed by atoms with Gasteiger partial charge in [-0.3, -0.25) is 14.4 Å². The summed E-state index contributed by atoms with van der Waals surface area (Å²) in [7, 11) is -0.0172. The summed E-state index contributed by atoms with van der Waals surface area (Å²) in [5, 5.41) is 8.29. The lowest BCUT2D eigenvalue weighted by molar-refractivity contribution is -0.122. The van der Waals surface area contributed by atoms with Crippen LogP contribution in [0, 0.1) is 5.41 Å². The van der Waals surface area contributed by atoms with E-state index in [1.54, 1.807) is 37.4 Å². The molecule has 0 bridgehead atoms. The lowest BCUT2D eigenvalue weighted by Crippen LogP contribution is -2.50. The third kappa shape index (κ3) is 10.1. The summed E-state index contributed by atoms with van der Waals surface area (Å²) in [6.45, 7) is 7.53. The molecule has 1 atom stereocenters. The zero-order chi connectivity index (χ0) is 34.8. The highest BCUT2D eigenvalue weighted by Gasteiger charge is 2.33. The first kappa shape index (κ1) is 36.6. The van der Waals surface area contributed by atoms with Gasteiger partial charge in [-0.05, 0) is 57.3 Å². The number of carbonyl (C=O) groups is 3. The van der Waals surface area contributed by atoms with E-state index in [1.807, 2.05) is 36.4 Å². The highest BCUT2D eigenvalue weighted by Crippen LogP contribution is 2.37. The van der Waals surface area contributed by atoms with Gasteiger partial charge >= 0.3 is 0 Å². The Hall–Kier alpha value is -4.28. The second kappa shape index (κ2) is 16.7. The molecule has 2 N–H and O–H groups in total. The molecule has 0 aliphatic heterocycles. The van der Waals surface area contributed by atoms with E-state index < -0.39 is 14.9 Å². The molecule has 0 aliphatic rings. The van der Waals surface area contributed by atoms with Crippen LogP contribution in [-0.2, 0) is 25.2 Å². The highest BCUT2D eigenvalue weighted by molar-refractivity contribution is 6.80. The SMILES string of the molecule is CC(=O)Nc1ccc(C=CC(=O)NCC(=O)N(C)c2ccc(Cl)c(CC(O[Si](c3ccccc3)c3ccccc3)C(C)(C)C)c2Cl)cn1. The predicted octanol–water partition coefficient (Wildman–Crippen LogP) is 5.92. The Morgan fingerprint density at radius 1 is 0.938 bits per heavy atom. The molecule has 0 fully saturated rings. The zero-order valence-electron chi connectivity index (χ0n) is 27.6. The van der Waals surface area contributed by atoms with Gasteiger partial charge in [0.25, 0.3) is 9.04 Å². The minimum Gasteiger partial charge on any atom is -0.403 e. The molecule has 0 aliphatic carbocycles. The average molecular weight is 703 g/mol. The number of hydrogen-bond donors (Lipinski definition) is 2. The minimum atomic E-state index is -1.62. The number of pyridine rings is 1. The fraction of sp³-hybridized carbons (Fsp3) is 0.243. The molecule has 249 valence electrons. The van der Waals surface area contributed by atoms with Crippen molar-refractivity contribution in [3.05, 3.63) is 118 Å². The number of hydrogen-bond acceptors (Lipinski definition) is 5. The van der Waals surface area contributed by atoms with Crippen LogP contribution in [0.5, 0.6) is 0 Å². The maximum Gasteiger partial charge on any atom is 0.283 e. The Balaban J connectivity index is 1.47. The lowest BCUT2D eigenvalue weighted by atomic mass is 9.85. The quantitative estimate of drug-likeness (QED) is 0.141. The molecular weight excluding hydrogens is 663 g/mol. The van der Waals surface area contributed by atoms with Crippen molar-refractivity contribution in [2.24, 2.45) is 5.41 Å². The van der Waals surface area contributed by atoms with E-state index in [0.29, 0.717) is 39.1 Å². The minimum absolute atomic E-state index is 0.226. The van der Waals surface area contributed by atoms with Crippen molar-refractivity contribution < 1.29 is 18.8 Å². The lowest BCUT2D eigenvalue weighted by Gasteiger charge is -2.35. The smallest absolute Gasteiger partial charge is 0.283 e. The molecule has 1 aromatic heterocycles. The van der Waals surface area contributed by atoms with Crippen LogP contribution in [0.1, 0.15) is 38.8 Å². The largest absolute Gasteiger partial charge is 0.403 e. The average Bonchev–Trinajstić information content (AvgIpc) is 3.06. The van der Waals surface area contributed by atoms with Crippen LogP contribution in [0.25, 0.3) is 6.08 Å². The second-order valence-electron chi connectivity index (χ2n) is 12.3. The summed E-state index contributed by atoms with van der Waals surface area (Å²) in [4.78, 5) is 42.3. The number of benzene rings is 3. The second-order valence-corrected chi connectivity index (χ2v) is 15.1. The van der Waals surface area contributed by atoms with Crippen molar-refractivity contribution in [2.75, 3.05) is 23.8 Å². The molecule has 48 heavy (non-hydrogen) atoms. The third-order valence-corrected chi connectivity index (χ3v) is 10.5. The molecule has 8 nitrogen and oxygen atoms in total. The van der Waals surface area contributed by atoms with Gasteiger partial charge in [0.2, 0.25) is 17.7 Å². The number of carbonyl (C=O) groups excluding carboxylic acids is 3. The third-order valence-electron chi connectivity index (χ3n) is 7.52. The van der Waals surface area contributed by atoms with Gasteiger partial charge in [-0.25, -0.2) is 4.98 Å². The van der Waals surface area contributed by atoms with E-state index in [4.69, 9.17) is 27.6 Å². The number of nitrogens with zero attached hydrogens (tertiary/aromatic N) is 2. The first-order valence-electron chi connectivity index (χ1n) is 15.4. The van der Waals surface area contributed by atoms with Gasteiger partial charge in [0.15, 0.2) is 0 Å². The summed E-state index contributed by atoms with van der Waals surface area (Å²) in [5.74, 6) is -0.634. The van der Waals surface area contributed by atoms with Crippen LogP contribution in [0.3, 0.4) is 0 Å². The molecule has 3 aromatic carbocycles. The van der Waals surface area contributed by atoms with E-state index in [0.717, 1.165) is 10.4 Å². The van der Waals surface area contributed by atoms with Crippen LogP contribution >= 0.6 is 23.2 Å². The van der Waals surface area contributed by atoms with Crippen molar-refractivity contribution in [3.8, 4) is 0 Å². The number of aromatic nitrogens is 1. The molecule has 0 spiro atoms. The molecule has 11 heteroatoms. The number of nitrogens with one attached hydrogen (secondary N) is 2. The standard InChI is InChI=1S/C37H39Cl2N4O4Si/c1-25(44)42-33-20-16-26(23-40-33)17-21-34(45)41-24-35(46)43(5)31-19-18-30(38)29(36(31)39)22-32(37(2,3)4)47-48(27-12-8-6-9-13-27)28-14-10-7-11-15-28/h6-21,23,32H,22,24H2,1-5H3,(H,41,45)(H,40,42,44). The number of halogens is 2. The molecule has 1 heterocycles. The Morgan fingerprint density at radius 2 is 1.56 bits per heavy atom. The normalized spacial score (nSPS) is 12.2. The summed E-state index contributed by atoms with van der Waals surface area (Å²) in [6, 6.07) is 27.2. The fourth-order valence-electron chi connectivity index (χ4n) is 4.77. The van der Waals surface area contributed by atoms with Crippen LogP contribution in [0.15, 0.2) is 97.2 Å². The molecule has 0 saturated carbocycles. The molecule has 1 unspecified atom stereocenters. The molecular formula is C37H39Cl2N4O4Si. The fourth-order valence-corrected chi connectivity index (χ4v) is 7.74. The van der Waals surface area contributed by atoms with Crippen molar-refractivity contribution in [3.63, 3.8) is 0 Å². The van der Waals surface area contributed by atoms with Gasteiger partial charge in [-0.1, -0.05) is 105 Å².